The average molecular weight is 371 g/mol. The quantitative estimate of drug-likeness (QED) is 0.438. The van der Waals surface area contributed by atoms with Gasteiger partial charge in [0, 0.05) is 31.1 Å². The first-order valence-electron chi connectivity index (χ1n) is 9.63. The molecule has 2 nitrogen and oxygen atoms in total. The first-order chi connectivity index (χ1) is 11.9. The van der Waals surface area contributed by atoms with E-state index in [4.69, 9.17) is 16.3 Å². The highest BCUT2D eigenvalue weighted by Gasteiger charge is 2.06. The SMILES string of the molecule is CC.CC(C)C(=O)CCCCCc1ccccc1Cl.COCC(C)C. The lowest BCUT2D eigenvalue weighted by atomic mass is 10.0. The number of hydrogen-bond acceptors (Lipinski definition) is 2. The Bertz CT molecular complexity index is 428. The number of unbranched alkanes of at least 4 members (excludes halogenated alkanes) is 2. The van der Waals surface area contributed by atoms with Crippen molar-refractivity contribution in [2.75, 3.05) is 13.7 Å². The van der Waals surface area contributed by atoms with Gasteiger partial charge in [-0.1, -0.05) is 77.8 Å². The van der Waals surface area contributed by atoms with Crippen molar-refractivity contribution in [1.82, 2.24) is 0 Å². The summed E-state index contributed by atoms with van der Waals surface area (Å²) in [5.74, 6) is 1.23. The maximum absolute atomic E-state index is 11.4. The number of benzene rings is 1. The number of Topliss-reactive ketones (excluding diaryl/α,β-unsaturated/α-hetero) is 1. The van der Waals surface area contributed by atoms with Crippen LogP contribution in [0.4, 0.5) is 0 Å². The molecule has 0 aliphatic rings. The topological polar surface area (TPSA) is 26.3 Å². The molecule has 0 bridgehead atoms. The summed E-state index contributed by atoms with van der Waals surface area (Å²) in [6.07, 6.45) is 4.94. The third-order valence-corrected chi connectivity index (χ3v) is 3.84. The second-order valence-corrected chi connectivity index (χ2v) is 7.03. The lowest BCUT2D eigenvalue weighted by Gasteiger charge is -2.05. The molecule has 0 unspecified atom stereocenters. The summed E-state index contributed by atoms with van der Waals surface area (Å²) in [4.78, 5) is 11.4. The minimum absolute atomic E-state index is 0.179. The van der Waals surface area contributed by atoms with Crippen LogP contribution in [0.5, 0.6) is 0 Å². The van der Waals surface area contributed by atoms with Crippen LogP contribution in [0.15, 0.2) is 24.3 Å². The van der Waals surface area contributed by atoms with Crippen molar-refractivity contribution in [2.45, 2.75) is 73.6 Å². The molecule has 3 heteroatoms. The van der Waals surface area contributed by atoms with Gasteiger partial charge >= 0.3 is 0 Å². The van der Waals surface area contributed by atoms with Crippen molar-refractivity contribution in [2.24, 2.45) is 11.8 Å². The molecule has 146 valence electrons. The Kier molecular flexibility index (Phi) is 18.9. The van der Waals surface area contributed by atoms with E-state index in [1.807, 2.05) is 45.9 Å². The summed E-state index contributed by atoms with van der Waals surface area (Å²) in [5.41, 5.74) is 1.21. The molecule has 0 saturated carbocycles. The van der Waals surface area contributed by atoms with Crippen molar-refractivity contribution in [3.63, 3.8) is 0 Å². The molecule has 1 rings (SSSR count). The molecule has 0 amide bonds. The summed E-state index contributed by atoms with van der Waals surface area (Å²) in [6, 6.07) is 7.97. The van der Waals surface area contributed by atoms with Crippen molar-refractivity contribution < 1.29 is 9.53 Å². The zero-order chi connectivity index (χ0) is 19.7. The highest BCUT2D eigenvalue weighted by molar-refractivity contribution is 6.31. The Morgan fingerprint density at radius 3 is 2.08 bits per heavy atom. The van der Waals surface area contributed by atoms with Crippen molar-refractivity contribution in [1.29, 1.82) is 0 Å². The largest absolute Gasteiger partial charge is 0.384 e. The molecule has 0 atom stereocenters. The number of carbonyl (C=O) groups is 1. The fourth-order valence-corrected chi connectivity index (χ4v) is 2.34. The van der Waals surface area contributed by atoms with Crippen LogP contribution < -0.4 is 0 Å². The molecule has 0 aromatic heterocycles. The number of methoxy groups -OCH3 is 1. The van der Waals surface area contributed by atoms with Gasteiger partial charge in [-0.2, -0.15) is 0 Å². The van der Waals surface area contributed by atoms with E-state index >= 15 is 0 Å². The molecule has 0 fully saturated rings. The molecule has 0 spiro atoms. The van der Waals surface area contributed by atoms with E-state index in [9.17, 15) is 4.79 Å². The standard InChI is InChI=1S/C15H21ClO.C5H12O.C2H6/c1-12(2)15(17)11-5-3-4-8-13-9-6-7-10-14(13)16;1-5(2)4-6-3;1-2/h6-7,9-10,12H,3-5,8,11H2,1-2H3;5H,4H2,1-3H3;1-2H3. The van der Waals surface area contributed by atoms with Crippen LogP contribution in [-0.2, 0) is 16.0 Å². The Labute approximate surface area is 161 Å². The first-order valence-corrected chi connectivity index (χ1v) is 10.0. The number of ether oxygens (including phenoxy) is 1. The van der Waals surface area contributed by atoms with Gasteiger partial charge in [-0.25, -0.2) is 0 Å². The summed E-state index contributed by atoms with van der Waals surface area (Å²) in [7, 11) is 1.72. The van der Waals surface area contributed by atoms with Crippen LogP contribution in [-0.4, -0.2) is 19.5 Å². The summed E-state index contributed by atoms with van der Waals surface area (Å²) in [5, 5.41) is 0.853. The van der Waals surface area contributed by atoms with Crippen molar-refractivity contribution in [3.8, 4) is 0 Å². The minimum atomic E-state index is 0.179. The molecule has 0 radical (unpaired) electrons. The predicted molar refractivity (Wildman–Crippen MR) is 112 cm³/mol. The fourth-order valence-electron chi connectivity index (χ4n) is 2.11. The smallest absolute Gasteiger partial charge is 0.135 e. The zero-order valence-electron chi connectivity index (χ0n) is 17.4. The molecular formula is C22H39ClO2. The van der Waals surface area contributed by atoms with Crippen LogP contribution in [0.1, 0.15) is 72.8 Å². The number of rotatable bonds is 9. The second-order valence-electron chi connectivity index (χ2n) is 6.62. The van der Waals surface area contributed by atoms with E-state index < -0.39 is 0 Å². The average Bonchev–Trinajstić information content (AvgIpc) is 2.58. The molecule has 0 saturated heterocycles. The lowest BCUT2D eigenvalue weighted by molar-refractivity contribution is -0.122. The van der Waals surface area contributed by atoms with Crippen LogP contribution in [0.2, 0.25) is 5.02 Å². The number of halogens is 1. The minimum Gasteiger partial charge on any atom is -0.384 e. The van der Waals surface area contributed by atoms with E-state index in [2.05, 4.69) is 19.9 Å². The van der Waals surface area contributed by atoms with Crippen molar-refractivity contribution in [3.05, 3.63) is 34.9 Å². The third-order valence-electron chi connectivity index (χ3n) is 3.47. The molecule has 0 heterocycles. The Balaban J connectivity index is 0. The second kappa shape index (κ2) is 17.9. The summed E-state index contributed by atoms with van der Waals surface area (Å²) >= 11 is 6.07. The van der Waals surface area contributed by atoms with Gasteiger partial charge in [-0.05, 0) is 36.8 Å². The Morgan fingerprint density at radius 2 is 1.64 bits per heavy atom. The Morgan fingerprint density at radius 1 is 1.04 bits per heavy atom. The van der Waals surface area contributed by atoms with Crippen LogP contribution in [0.25, 0.3) is 0 Å². The Hall–Kier alpha value is -0.860. The summed E-state index contributed by atoms with van der Waals surface area (Å²) < 4.78 is 4.80. The predicted octanol–water partition coefficient (Wildman–Crippen LogP) is 6.98. The molecule has 25 heavy (non-hydrogen) atoms. The van der Waals surface area contributed by atoms with E-state index in [0.717, 1.165) is 43.7 Å². The third kappa shape index (κ3) is 16.4. The van der Waals surface area contributed by atoms with Crippen molar-refractivity contribution >= 4 is 17.4 Å². The molecule has 0 aliphatic carbocycles. The number of ketones is 1. The van der Waals surface area contributed by atoms with Gasteiger partial charge in [0.15, 0.2) is 0 Å². The van der Waals surface area contributed by atoms with Gasteiger partial charge < -0.3 is 4.74 Å². The van der Waals surface area contributed by atoms with Crippen LogP contribution >= 0.6 is 11.6 Å². The first kappa shape index (κ1) is 26.4. The van der Waals surface area contributed by atoms with Crippen LogP contribution in [0.3, 0.4) is 0 Å². The summed E-state index contributed by atoms with van der Waals surface area (Å²) in [6.45, 7) is 13.1. The molecule has 1 aromatic rings. The van der Waals surface area contributed by atoms with Gasteiger partial charge in [-0.15, -0.1) is 0 Å². The maximum Gasteiger partial charge on any atom is 0.135 e. The normalized spacial score (nSPS) is 10.0. The van der Waals surface area contributed by atoms with Gasteiger partial charge in [0.1, 0.15) is 5.78 Å². The highest BCUT2D eigenvalue weighted by Crippen LogP contribution is 2.18. The van der Waals surface area contributed by atoms with E-state index in [0.29, 0.717) is 11.7 Å². The van der Waals surface area contributed by atoms with E-state index in [1.165, 1.54) is 5.56 Å². The molecular weight excluding hydrogens is 332 g/mol. The van der Waals surface area contributed by atoms with Gasteiger partial charge in [-0.3, -0.25) is 4.79 Å². The molecule has 0 aliphatic heterocycles. The molecule has 1 aromatic carbocycles. The van der Waals surface area contributed by atoms with Gasteiger partial charge in [0.05, 0.1) is 0 Å². The maximum atomic E-state index is 11.4. The monoisotopic (exact) mass is 370 g/mol. The zero-order valence-corrected chi connectivity index (χ0v) is 18.2. The number of hydrogen-bond donors (Lipinski definition) is 0. The van der Waals surface area contributed by atoms with Crippen LogP contribution in [0, 0.1) is 11.8 Å². The van der Waals surface area contributed by atoms with Gasteiger partial charge in [0.25, 0.3) is 0 Å². The van der Waals surface area contributed by atoms with Gasteiger partial charge in [0.2, 0.25) is 0 Å². The number of aryl methyl sites for hydroxylation is 1. The fraction of sp³-hybridized carbons (Fsp3) is 0.682. The molecule has 0 N–H and O–H groups in total. The highest BCUT2D eigenvalue weighted by atomic mass is 35.5. The lowest BCUT2D eigenvalue weighted by Crippen LogP contribution is -2.06. The number of carbonyl (C=O) groups excluding carboxylic acids is 1. The van der Waals surface area contributed by atoms with E-state index in [1.54, 1.807) is 7.11 Å². The van der Waals surface area contributed by atoms with E-state index in [-0.39, 0.29) is 5.92 Å².